The van der Waals surface area contributed by atoms with E-state index in [2.05, 4.69) is 0 Å². The molecular formula is C11H7NO2. The number of hydrogen-bond acceptors (Lipinski definition) is 3. The number of rotatable bonds is 3. The molecule has 0 bridgehead atoms. The minimum absolute atomic E-state index is 0.382. The van der Waals surface area contributed by atoms with Crippen molar-refractivity contribution in [1.82, 2.24) is 0 Å². The Morgan fingerprint density at radius 3 is 2.64 bits per heavy atom. The third-order valence-corrected chi connectivity index (χ3v) is 1.73. The first-order chi connectivity index (χ1) is 6.83. The highest BCUT2D eigenvalue weighted by atomic mass is 16.1. The number of nitriles is 1. The average molecular weight is 185 g/mol. The van der Waals surface area contributed by atoms with Gasteiger partial charge in [-0.2, -0.15) is 5.26 Å². The molecule has 0 unspecified atom stereocenters. The molecule has 0 spiro atoms. The van der Waals surface area contributed by atoms with Crippen LogP contribution >= 0.6 is 0 Å². The van der Waals surface area contributed by atoms with Crippen molar-refractivity contribution in [3.05, 3.63) is 41.0 Å². The third-order valence-electron chi connectivity index (χ3n) is 1.73. The van der Waals surface area contributed by atoms with Gasteiger partial charge in [-0.15, -0.1) is 0 Å². The summed E-state index contributed by atoms with van der Waals surface area (Å²) in [5, 5.41) is 8.75. The van der Waals surface area contributed by atoms with Gasteiger partial charge in [0.15, 0.2) is 6.29 Å². The Labute approximate surface area is 81.3 Å². The fourth-order valence-corrected chi connectivity index (χ4v) is 1.10. The van der Waals surface area contributed by atoms with E-state index in [1.165, 1.54) is 12.2 Å². The van der Waals surface area contributed by atoms with Gasteiger partial charge in [0, 0.05) is 11.1 Å². The summed E-state index contributed by atoms with van der Waals surface area (Å²) in [4.78, 5) is 20.7. The monoisotopic (exact) mass is 185 g/mol. The lowest BCUT2D eigenvalue weighted by Crippen LogP contribution is -1.90. The molecule has 0 saturated heterocycles. The first kappa shape index (κ1) is 9.87. The van der Waals surface area contributed by atoms with E-state index in [4.69, 9.17) is 5.26 Å². The number of carbonyl (C=O) groups is 2. The van der Waals surface area contributed by atoms with Crippen molar-refractivity contribution in [2.24, 2.45) is 0 Å². The van der Waals surface area contributed by atoms with Gasteiger partial charge in [0.25, 0.3) is 0 Å². The summed E-state index contributed by atoms with van der Waals surface area (Å²) in [7, 11) is 0. The second-order valence-electron chi connectivity index (χ2n) is 2.53. The van der Waals surface area contributed by atoms with Crippen molar-refractivity contribution in [2.45, 2.75) is 0 Å². The highest BCUT2D eigenvalue weighted by Crippen LogP contribution is 2.14. The summed E-state index contributed by atoms with van der Waals surface area (Å²) >= 11 is 0. The third kappa shape index (κ3) is 1.93. The lowest BCUT2D eigenvalue weighted by molar-refractivity contribution is -0.104. The average Bonchev–Trinajstić information content (AvgIpc) is 2.25. The maximum atomic E-state index is 10.6. The molecule has 68 valence electrons. The molecule has 1 aromatic carbocycles. The molecule has 0 aliphatic heterocycles. The molecule has 0 fully saturated rings. The Bertz CT molecular complexity index is 427. The van der Waals surface area contributed by atoms with Gasteiger partial charge in [-0.1, -0.05) is 12.1 Å². The lowest BCUT2D eigenvalue weighted by atomic mass is 10.0. The molecule has 3 heteroatoms. The van der Waals surface area contributed by atoms with Crippen LogP contribution < -0.4 is 0 Å². The molecule has 14 heavy (non-hydrogen) atoms. The Kier molecular flexibility index (Phi) is 3.33. The van der Waals surface area contributed by atoms with Crippen LogP contribution in [0.3, 0.4) is 0 Å². The first-order valence-electron chi connectivity index (χ1n) is 3.93. The van der Waals surface area contributed by atoms with Crippen molar-refractivity contribution in [3.8, 4) is 6.07 Å². The van der Waals surface area contributed by atoms with Crippen LogP contribution in [0.15, 0.2) is 24.3 Å². The molecule has 0 aliphatic carbocycles. The molecule has 3 nitrogen and oxygen atoms in total. The van der Waals surface area contributed by atoms with Crippen molar-refractivity contribution in [3.63, 3.8) is 0 Å². The van der Waals surface area contributed by atoms with E-state index in [9.17, 15) is 9.59 Å². The summed E-state index contributed by atoms with van der Waals surface area (Å²) in [6.07, 6.45) is 3.96. The molecule has 0 atom stereocenters. The van der Waals surface area contributed by atoms with Crippen molar-refractivity contribution < 1.29 is 9.59 Å². The maximum Gasteiger partial charge on any atom is 0.150 e. The van der Waals surface area contributed by atoms with Crippen LogP contribution in [0, 0.1) is 11.3 Å². The van der Waals surface area contributed by atoms with Crippen LogP contribution in [0.2, 0.25) is 0 Å². The zero-order valence-corrected chi connectivity index (χ0v) is 7.31. The van der Waals surface area contributed by atoms with Crippen molar-refractivity contribution >= 4 is 18.6 Å². The number of nitrogens with zero attached hydrogens (tertiary/aromatic N) is 1. The van der Waals surface area contributed by atoms with Gasteiger partial charge in [-0.3, -0.25) is 9.59 Å². The molecule has 0 saturated carbocycles. The minimum Gasteiger partial charge on any atom is -0.299 e. The van der Waals surface area contributed by atoms with E-state index in [-0.39, 0.29) is 0 Å². The van der Waals surface area contributed by atoms with Gasteiger partial charge in [-0.25, -0.2) is 0 Å². The molecule has 1 aromatic rings. The highest BCUT2D eigenvalue weighted by molar-refractivity contribution is 5.86. The smallest absolute Gasteiger partial charge is 0.150 e. The van der Waals surface area contributed by atoms with Gasteiger partial charge in [0.1, 0.15) is 6.29 Å². The van der Waals surface area contributed by atoms with Gasteiger partial charge < -0.3 is 0 Å². The van der Waals surface area contributed by atoms with Gasteiger partial charge >= 0.3 is 0 Å². The fraction of sp³-hybridized carbons (Fsp3) is 0. The highest BCUT2D eigenvalue weighted by Gasteiger charge is 2.03. The second-order valence-corrected chi connectivity index (χ2v) is 2.53. The van der Waals surface area contributed by atoms with Crippen LogP contribution in [-0.2, 0) is 4.79 Å². The number of carbonyl (C=O) groups excluding carboxylic acids is 2. The summed E-state index contributed by atoms with van der Waals surface area (Å²) < 4.78 is 0. The largest absolute Gasteiger partial charge is 0.299 e. The Morgan fingerprint density at radius 1 is 1.29 bits per heavy atom. The van der Waals surface area contributed by atoms with E-state index in [0.29, 0.717) is 29.3 Å². The Hall–Kier alpha value is -2.21. The Morgan fingerprint density at radius 2 is 2.07 bits per heavy atom. The molecule has 1 rings (SSSR count). The summed E-state index contributed by atoms with van der Waals surface area (Å²) in [5.74, 6) is 0. The normalized spacial score (nSPS) is 9.64. The summed E-state index contributed by atoms with van der Waals surface area (Å²) in [6, 6.07) is 6.77. The standard InChI is InChI=1S/C11H7NO2/c12-7-9-3-1-4-10(8-14)11(9)5-2-6-13/h1-6,8H/b5-2+. The summed E-state index contributed by atoms with van der Waals surface area (Å²) in [5.41, 5.74) is 1.27. The van der Waals surface area contributed by atoms with Crippen molar-refractivity contribution in [1.29, 1.82) is 5.26 Å². The molecule has 0 heterocycles. The van der Waals surface area contributed by atoms with Crippen molar-refractivity contribution in [2.75, 3.05) is 0 Å². The van der Waals surface area contributed by atoms with Gasteiger partial charge in [0.05, 0.1) is 11.6 Å². The zero-order chi connectivity index (χ0) is 10.4. The topological polar surface area (TPSA) is 57.9 Å². The zero-order valence-electron chi connectivity index (χ0n) is 7.31. The SMILES string of the molecule is N#Cc1cccc(C=O)c1/C=C/C=O. The lowest BCUT2D eigenvalue weighted by Gasteiger charge is -1.99. The number of hydrogen-bond donors (Lipinski definition) is 0. The van der Waals surface area contributed by atoms with E-state index in [0.717, 1.165) is 0 Å². The van der Waals surface area contributed by atoms with E-state index in [1.807, 2.05) is 6.07 Å². The predicted octanol–water partition coefficient (Wildman–Crippen LogP) is 1.58. The quantitative estimate of drug-likeness (QED) is 0.530. The van der Waals surface area contributed by atoms with Crippen LogP contribution in [0.5, 0.6) is 0 Å². The van der Waals surface area contributed by atoms with Crippen LogP contribution in [-0.4, -0.2) is 12.6 Å². The number of aldehydes is 2. The van der Waals surface area contributed by atoms with Crippen LogP contribution in [0.25, 0.3) is 6.08 Å². The second kappa shape index (κ2) is 4.73. The summed E-state index contributed by atoms with van der Waals surface area (Å²) in [6.45, 7) is 0. The van der Waals surface area contributed by atoms with E-state index < -0.39 is 0 Å². The molecule has 0 aromatic heterocycles. The van der Waals surface area contributed by atoms with Gasteiger partial charge in [0.2, 0.25) is 0 Å². The van der Waals surface area contributed by atoms with E-state index >= 15 is 0 Å². The van der Waals surface area contributed by atoms with Crippen LogP contribution in [0.4, 0.5) is 0 Å². The van der Waals surface area contributed by atoms with Crippen LogP contribution in [0.1, 0.15) is 21.5 Å². The molecular weight excluding hydrogens is 178 g/mol. The number of benzene rings is 1. The predicted molar refractivity (Wildman–Crippen MR) is 51.6 cm³/mol. The molecule has 0 N–H and O–H groups in total. The molecule has 0 amide bonds. The first-order valence-corrected chi connectivity index (χ1v) is 3.93. The van der Waals surface area contributed by atoms with Gasteiger partial charge in [-0.05, 0) is 18.2 Å². The Balaban J connectivity index is 3.34. The minimum atomic E-state index is 0.382. The molecule has 0 radical (unpaired) electrons. The van der Waals surface area contributed by atoms with E-state index in [1.54, 1.807) is 18.2 Å². The maximum absolute atomic E-state index is 10.6. The number of allylic oxidation sites excluding steroid dienone is 1. The fourth-order valence-electron chi connectivity index (χ4n) is 1.10. The molecule has 0 aliphatic rings.